The van der Waals surface area contributed by atoms with Crippen molar-refractivity contribution >= 4 is 29.0 Å². The lowest BCUT2D eigenvalue weighted by molar-refractivity contribution is 0.855. The van der Waals surface area contributed by atoms with Crippen LogP contribution in [0.3, 0.4) is 0 Å². The van der Waals surface area contributed by atoms with Gasteiger partial charge in [0.1, 0.15) is 12.1 Å². The van der Waals surface area contributed by atoms with Crippen LogP contribution in [0, 0.1) is 0 Å². The molecule has 3 nitrogen and oxygen atoms in total. The van der Waals surface area contributed by atoms with E-state index in [0.717, 1.165) is 16.8 Å². The van der Waals surface area contributed by atoms with Crippen LogP contribution in [0.4, 0.5) is 5.82 Å². The summed E-state index contributed by atoms with van der Waals surface area (Å²) in [5.74, 6) is 0.703. The summed E-state index contributed by atoms with van der Waals surface area (Å²) < 4.78 is 0. The van der Waals surface area contributed by atoms with E-state index in [1.165, 1.54) is 6.33 Å². The van der Waals surface area contributed by atoms with E-state index in [0.29, 0.717) is 15.9 Å². The molecule has 0 unspecified atom stereocenters. The molecule has 2 rings (SSSR count). The van der Waals surface area contributed by atoms with Crippen LogP contribution in [0.2, 0.25) is 10.0 Å². The number of rotatable bonds is 2. The SMILES string of the molecule is CC(C)c1c(N)ncnc1-c1ccc(Cl)cc1Cl. The van der Waals surface area contributed by atoms with Crippen molar-refractivity contribution in [3.8, 4) is 11.3 Å². The zero-order valence-corrected chi connectivity index (χ0v) is 11.6. The first kappa shape index (κ1) is 13.1. The molecule has 2 aromatic rings. The third-order valence-corrected chi connectivity index (χ3v) is 3.23. The van der Waals surface area contributed by atoms with E-state index in [1.54, 1.807) is 12.1 Å². The molecule has 0 spiro atoms. The Balaban J connectivity index is 2.67. The largest absolute Gasteiger partial charge is 0.383 e. The highest BCUT2D eigenvalue weighted by Gasteiger charge is 2.16. The van der Waals surface area contributed by atoms with Gasteiger partial charge in [-0.1, -0.05) is 37.0 Å². The van der Waals surface area contributed by atoms with Crippen LogP contribution in [0.5, 0.6) is 0 Å². The molecule has 0 amide bonds. The Bertz CT molecular complexity index is 582. The number of hydrogen-bond donors (Lipinski definition) is 1. The molecule has 1 aromatic heterocycles. The molecule has 0 aliphatic heterocycles. The van der Waals surface area contributed by atoms with Crippen LogP contribution in [0.15, 0.2) is 24.5 Å². The van der Waals surface area contributed by atoms with Gasteiger partial charge >= 0.3 is 0 Å². The maximum absolute atomic E-state index is 6.21. The lowest BCUT2D eigenvalue weighted by atomic mass is 9.97. The van der Waals surface area contributed by atoms with Crippen molar-refractivity contribution < 1.29 is 0 Å². The lowest BCUT2D eigenvalue weighted by Crippen LogP contribution is -2.04. The van der Waals surface area contributed by atoms with Gasteiger partial charge in [-0.15, -0.1) is 0 Å². The van der Waals surface area contributed by atoms with Crippen LogP contribution in [0.25, 0.3) is 11.3 Å². The number of benzene rings is 1. The van der Waals surface area contributed by atoms with Gasteiger partial charge in [-0.3, -0.25) is 0 Å². The molecular weight excluding hydrogens is 269 g/mol. The van der Waals surface area contributed by atoms with E-state index in [4.69, 9.17) is 28.9 Å². The average Bonchev–Trinajstić information content (AvgIpc) is 2.28. The van der Waals surface area contributed by atoms with Gasteiger partial charge < -0.3 is 5.73 Å². The predicted octanol–water partition coefficient (Wildman–Crippen LogP) is 4.16. The minimum atomic E-state index is 0.216. The van der Waals surface area contributed by atoms with Gasteiger partial charge in [0.05, 0.1) is 10.7 Å². The Labute approximate surface area is 116 Å². The van der Waals surface area contributed by atoms with E-state index < -0.39 is 0 Å². The van der Waals surface area contributed by atoms with Crippen LogP contribution < -0.4 is 5.73 Å². The third kappa shape index (κ3) is 2.42. The van der Waals surface area contributed by atoms with E-state index in [1.807, 2.05) is 19.9 Å². The third-order valence-electron chi connectivity index (χ3n) is 2.68. The fourth-order valence-electron chi connectivity index (χ4n) is 1.87. The van der Waals surface area contributed by atoms with Gasteiger partial charge in [0.15, 0.2) is 0 Å². The molecule has 2 N–H and O–H groups in total. The van der Waals surface area contributed by atoms with Gasteiger partial charge in [0.25, 0.3) is 0 Å². The van der Waals surface area contributed by atoms with E-state index in [-0.39, 0.29) is 5.92 Å². The Morgan fingerprint density at radius 3 is 2.50 bits per heavy atom. The second-order valence-corrected chi connectivity index (χ2v) is 5.14. The maximum atomic E-state index is 6.21. The summed E-state index contributed by atoms with van der Waals surface area (Å²) in [6.07, 6.45) is 1.45. The second-order valence-electron chi connectivity index (χ2n) is 4.30. The standard InChI is InChI=1S/C13H13Cl2N3/c1-7(2)11-12(17-6-18-13(11)16)9-4-3-8(14)5-10(9)15/h3-7H,1-2H3,(H2,16,17,18). The molecule has 0 bridgehead atoms. The number of nitrogen functional groups attached to an aromatic ring is 1. The van der Waals surface area contributed by atoms with E-state index >= 15 is 0 Å². The topological polar surface area (TPSA) is 51.8 Å². The summed E-state index contributed by atoms with van der Waals surface area (Å²) in [6.45, 7) is 4.09. The molecule has 1 aromatic carbocycles. The van der Waals surface area contributed by atoms with Gasteiger partial charge in [-0.05, 0) is 24.1 Å². The predicted molar refractivity (Wildman–Crippen MR) is 76.0 cm³/mol. The molecule has 0 saturated heterocycles. The zero-order valence-electron chi connectivity index (χ0n) is 10.1. The molecule has 0 aliphatic rings. The number of nitrogens with two attached hydrogens (primary N) is 1. The van der Waals surface area contributed by atoms with Crippen LogP contribution in [-0.4, -0.2) is 9.97 Å². The highest BCUT2D eigenvalue weighted by Crippen LogP contribution is 2.35. The first-order valence-electron chi connectivity index (χ1n) is 5.56. The molecule has 94 valence electrons. The van der Waals surface area contributed by atoms with Gasteiger partial charge in [-0.2, -0.15) is 0 Å². The fraction of sp³-hybridized carbons (Fsp3) is 0.231. The molecule has 0 atom stereocenters. The summed E-state index contributed by atoms with van der Waals surface area (Å²) in [4.78, 5) is 8.33. The summed E-state index contributed by atoms with van der Waals surface area (Å²) in [5, 5.41) is 1.15. The Kier molecular flexibility index (Phi) is 3.73. The minimum Gasteiger partial charge on any atom is -0.383 e. The van der Waals surface area contributed by atoms with Crippen molar-refractivity contribution in [1.29, 1.82) is 0 Å². The van der Waals surface area contributed by atoms with Crippen molar-refractivity contribution in [2.75, 3.05) is 5.73 Å². The van der Waals surface area contributed by atoms with Crippen molar-refractivity contribution in [3.05, 3.63) is 40.1 Å². The Morgan fingerprint density at radius 1 is 1.17 bits per heavy atom. The molecule has 0 fully saturated rings. The summed E-state index contributed by atoms with van der Waals surface area (Å²) in [6, 6.07) is 5.32. The number of hydrogen-bond acceptors (Lipinski definition) is 3. The number of nitrogens with zero attached hydrogens (tertiary/aromatic N) is 2. The molecule has 0 saturated carbocycles. The number of aromatic nitrogens is 2. The second kappa shape index (κ2) is 5.12. The number of halogens is 2. The van der Waals surface area contributed by atoms with E-state index in [2.05, 4.69) is 9.97 Å². The summed E-state index contributed by atoms with van der Waals surface area (Å²) in [5.41, 5.74) is 8.41. The van der Waals surface area contributed by atoms with Crippen LogP contribution in [0.1, 0.15) is 25.3 Å². The zero-order chi connectivity index (χ0) is 13.3. The van der Waals surface area contributed by atoms with Crippen LogP contribution >= 0.6 is 23.2 Å². The Morgan fingerprint density at radius 2 is 1.89 bits per heavy atom. The van der Waals surface area contributed by atoms with E-state index in [9.17, 15) is 0 Å². The van der Waals surface area contributed by atoms with Gasteiger partial charge in [0.2, 0.25) is 0 Å². The minimum absolute atomic E-state index is 0.216. The van der Waals surface area contributed by atoms with Crippen molar-refractivity contribution in [2.24, 2.45) is 0 Å². The molecule has 0 radical (unpaired) electrons. The van der Waals surface area contributed by atoms with Crippen molar-refractivity contribution in [1.82, 2.24) is 9.97 Å². The van der Waals surface area contributed by atoms with Gasteiger partial charge in [-0.25, -0.2) is 9.97 Å². The van der Waals surface area contributed by atoms with Crippen LogP contribution in [-0.2, 0) is 0 Å². The lowest BCUT2D eigenvalue weighted by Gasteiger charge is -2.14. The molecule has 1 heterocycles. The Hall–Kier alpha value is -1.32. The first-order valence-corrected chi connectivity index (χ1v) is 6.32. The van der Waals surface area contributed by atoms with Crippen molar-refractivity contribution in [3.63, 3.8) is 0 Å². The quantitative estimate of drug-likeness (QED) is 0.899. The molecule has 0 aliphatic carbocycles. The first-order chi connectivity index (χ1) is 8.50. The fourth-order valence-corrected chi connectivity index (χ4v) is 2.37. The molecule has 5 heteroatoms. The average molecular weight is 282 g/mol. The monoisotopic (exact) mass is 281 g/mol. The summed E-state index contributed by atoms with van der Waals surface area (Å²) in [7, 11) is 0. The molecular formula is C13H13Cl2N3. The van der Waals surface area contributed by atoms with Crippen molar-refractivity contribution in [2.45, 2.75) is 19.8 Å². The number of anilines is 1. The highest BCUT2D eigenvalue weighted by atomic mass is 35.5. The highest BCUT2D eigenvalue weighted by molar-refractivity contribution is 6.36. The maximum Gasteiger partial charge on any atom is 0.130 e. The smallest absolute Gasteiger partial charge is 0.130 e. The molecule has 18 heavy (non-hydrogen) atoms. The normalized spacial score (nSPS) is 10.9. The summed E-state index contributed by atoms with van der Waals surface area (Å²) >= 11 is 12.1. The van der Waals surface area contributed by atoms with Gasteiger partial charge in [0, 0.05) is 16.1 Å².